The molecule has 4 saturated carbocycles. The summed E-state index contributed by atoms with van der Waals surface area (Å²) in [7, 11) is 0. The molecule has 6 N–H and O–H groups in total. The smallest absolute Gasteiger partial charge is 0.154 e. The van der Waals surface area contributed by atoms with Crippen LogP contribution in [0.1, 0.15) is 184 Å². The molecule has 5 atom stereocenters. The minimum atomic E-state index is -0.918. The number of hydrogen-bond acceptors (Lipinski definition) is 2. The topological polar surface area (TPSA) is 113 Å². The van der Waals surface area contributed by atoms with Crippen LogP contribution in [0.4, 0.5) is 13.2 Å². The Bertz CT molecular complexity index is 583. The SMILES string of the molecule is C.C.C.C.CC1CC(F)C(C)C(F)C1.CC1CCC(C)C(F)C1.CC1CCC(C)CC1.CC1CCC(C)CC1.CC1COC(C)OC1.O.O.O.[HH]. The largest absolute Gasteiger partial charge is 0.412 e. The molecule has 0 aromatic heterocycles. The fraction of sp³-hybridized carbons (Fsp3) is 1.00. The van der Waals surface area contributed by atoms with Gasteiger partial charge in [0.05, 0.1) is 13.2 Å². The summed E-state index contributed by atoms with van der Waals surface area (Å²) >= 11 is 0. The second-order valence-electron chi connectivity index (χ2n) is 15.9. The van der Waals surface area contributed by atoms with Gasteiger partial charge in [0.15, 0.2) is 6.29 Å². The zero-order valence-corrected chi connectivity index (χ0v) is 31.6. The Morgan fingerprint density at radius 2 is 0.660 bits per heavy atom. The molecule has 0 aromatic carbocycles. The first-order chi connectivity index (χ1) is 20.2. The monoisotopic (exact) mass is 739 g/mol. The molecule has 1 heterocycles. The van der Waals surface area contributed by atoms with Gasteiger partial charge < -0.3 is 25.9 Å². The van der Waals surface area contributed by atoms with Crippen molar-refractivity contribution in [2.24, 2.45) is 53.3 Å². The second-order valence-corrected chi connectivity index (χ2v) is 15.9. The predicted molar refractivity (Wildman–Crippen MR) is 218 cm³/mol. The molecule has 5 rings (SSSR count). The maximum Gasteiger partial charge on any atom is 0.154 e. The lowest BCUT2D eigenvalue weighted by Gasteiger charge is -2.30. The van der Waals surface area contributed by atoms with Crippen LogP contribution in [0.3, 0.4) is 0 Å². The normalized spacial score (nSPS) is 37.0. The molecule has 0 aromatic rings. The van der Waals surface area contributed by atoms with Gasteiger partial charge in [-0.3, -0.25) is 0 Å². The van der Waals surface area contributed by atoms with E-state index in [1.165, 1.54) is 57.8 Å². The van der Waals surface area contributed by atoms with E-state index < -0.39 is 18.5 Å². The van der Waals surface area contributed by atoms with Gasteiger partial charge in [0.25, 0.3) is 0 Å². The molecule has 4 aliphatic carbocycles. The van der Waals surface area contributed by atoms with Crippen molar-refractivity contribution in [2.45, 2.75) is 207 Å². The van der Waals surface area contributed by atoms with Gasteiger partial charge in [-0.1, -0.05) is 150 Å². The zero-order valence-electron chi connectivity index (χ0n) is 31.6. The molecule has 316 valence electrons. The Labute approximate surface area is 313 Å². The number of hydrogen-bond donors (Lipinski definition) is 0. The number of rotatable bonds is 0. The van der Waals surface area contributed by atoms with Gasteiger partial charge in [-0.05, 0) is 74.0 Å². The lowest BCUT2D eigenvalue weighted by molar-refractivity contribution is -0.187. The summed E-state index contributed by atoms with van der Waals surface area (Å²) in [5.74, 6) is 5.44. The van der Waals surface area contributed by atoms with Gasteiger partial charge in [-0.25, -0.2) is 13.2 Å². The molecule has 5 nitrogen and oxygen atoms in total. The summed E-state index contributed by atoms with van der Waals surface area (Å²) in [6.45, 7) is 22.9. The van der Waals surface area contributed by atoms with Crippen LogP contribution in [0.2, 0.25) is 0 Å². The summed E-state index contributed by atoms with van der Waals surface area (Å²) in [6, 6.07) is 0. The third-order valence-electron chi connectivity index (χ3n) is 10.6. The summed E-state index contributed by atoms with van der Waals surface area (Å²) in [4.78, 5) is 0. The summed E-state index contributed by atoms with van der Waals surface area (Å²) in [6.07, 6.45) is 13.6. The Balaban J connectivity index is -0.0000000728. The molecule has 0 spiro atoms. The highest BCUT2D eigenvalue weighted by Crippen LogP contribution is 2.33. The van der Waals surface area contributed by atoms with Crippen LogP contribution < -0.4 is 0 Å². The van der Waals surface area contributed by atoms with Crippen LogP contribution in [-0.2, 0) is 9.47 Å². The third-order valence-corrected chi connectivity index (χ3v) is 10.6. The molecular formula is C42H97F3O5. The van der Waals surface area contributed by atoms with Crippen LogP contribution in [0.25, 0.3) is 0 Å². The molecule has 5 unspecified atom stereocenters. The van der Waals surface area contributed by atoms with E-state index in [2.05, 4.69) is 41.5 Å². The van der Waals surface area contributed by atoms with Crippen molar-refractivity contribution in [3.8, 4) is 0 Å². The van der Waals surface area contributed by atoms with Crippen LogP contribution in [-0.4, -0.2) is 54.4 Å². The maximum absolute atomic E-state index is 12.8. The number of alkyl halides is 3. The molecule has 0 radical (unpaired) electrons. The Hall–Kier alpha value is -0.410. The molecule has 50 heavy (non-hydrogen) atoms. The molecular weight excluding hydrogens is 641 g/mol. The van der Waals surface area contributed by atoms with Crippen molar-refractivity contribution in [3.05, 3.63) is 0 Å². The second kappa shape index (κ2) is 35.6. The van der Waals surface area contributed by atoms with Gasteiger partial charge in [0, 0.05) is 13.3 Å². The van der Waals surface area contributed by atoms with E-state index in [4.69, 9.17) is 9.47 Å². The molecule has 1 aliphatic heterocycles. The highest BCUT2D eigenvalue weighted by Gasteiger charge is 2.33. The van der Waals surface area contributed by atoms with Gasteiger partial charge in [-0.15, -0.1) is 0 Å². The minimum Gasteiger partial charge on any atom is -0.412 e. The molecule has 8 heteroatoms. The molecule has 0 bridgehead atoms. The van der Waals surface area contributed by atoms with Crippen molar-refractivity contribution >= 4 is 0 Å². The van der Waals surface area contributed by atoms with Crippen LogP contribution >= 0.6 is 0 Å². The highest BCUT2D eigenvalue weighted by atomic mass is 19.1. The van der Waals surface area contributed by atoms with E-state index >= 15 is 0 Å². The Morgan fingerprint density at radius 1 is 0.380 bits per heavy atom. The van der Waals surface area contributed by atoms with Crippen molar-refractivity contribution in [1.29, 1.82) is 0 Å². The van der Waals surface area contributed by atoms with Crippen molar-refractivity contribution < 1.29 is 40.5 Å². The number of ether oxygens (including phenoxy) is 2. The van der Waals surface area contributed by atoms with Crippen LogP contribution in [0.5, 0.6) is 0 Å². The lowest BCUT2D eigenvalue weighted by atomic mass is 9.81. The van der Waals surface area contributed by atoms with Crippen molar-refractivity contribution in [3.63, 3.8) is 0 Å². The molecule has 5 fully saturated rings. The summed E-state index contributed by atoms with van der Waals surface area (Å²) < 4.78 is 48.8. The van der Waals surface area contributed by atoms with E-state index in [1.54, 1.807) is 6.92 Å². The Morgan fingerprint density at radius 3 is 0.920 bits per heavy atom. The molecule has 0 amide bonds. The van der Waals surface area contributed by atoms with Crippen molar-refractivity contribution in [2.75, 3.05) is 13.2 Å². The van der Waals surface area contributed by atoms with Gasteiger partial charge in [-0.2, -0.15) is 0 Å². The predicted octanol–water partition coefficient (Wildman–Crippen LogP) is 12.5. The zero-order chi connectivity index (χ0) is 32.5. The number of halogens is 3. The Kier molecular flexibility index (Phi) is 46.0. The first-order valence-corrected chi connectivity index (χ1v) is 18.3. The van der Waals surface area contributed by atoms with Crippen LogP contribution in [0, 0.1) is 53.3 Å². The first kappa shape index (κ1) is 64.5. The van der Waals surface area contributed by atoms with E-state index in [1.807, 2.05) is 20.8 Å². The van der Waals surface area contributed by atoms with Gasteiger partial charge in [0.2, 0.25) is 0 Å². The first-order valence-electron chi connectivity index (χ1n) is 18.3. The van der Waals surface area contributed by atoms with E-state index in [-0.39, 0.29) is 65.7 Å². The van der Waals surface area contributed by atoms with E-state index in [9.17, 15) is 13.2 Å². The van der Waals surface area contributed by atoms with E-state index in [0.29, 0.717) is 30.6 Å². The maximum atomic E-state index is 12.8. The quantitative estimate of drug-likeness (QED) is 0.246. The summed E-state index contributed by atoms with van der Waals surface area (Å²) in [5.41, 5.74) is 0. The fourth-order valence-corrected chi connectivity index (χ4v) is 6.53. The fourth-order valence-electron chi connectivity index (χ4n) is 6.53. The van der Waals surface area contributed by atoms with Gasteiger partial charge in [0.1, 0.15) is 18.5 Å². The standard InChI is InChI=1S/C8H14F2.C8H15F.2C8H16.C6H12O2.4CH4.3H2O.H2/c1-5-3-7(9)6(2)8(10)4-5;1-6-3-4-7(2)8(9)5-6;2*1-7-3-5-8(2)6-4-7;1-5-3-7-6(2)8-4-5;;;;;;;;/h5-8H,3-4H2,1-2H3;6-8H,3-5H2,1-2H3;2*7-8H,3-6H2,1-2H3;5-6H,3-4H2,1-2H3;4*1H4;3*1H2;1H. The third kappa shape index (κ3) is 30.1. The average molecular weight is 739 g/mol. The minimum absolute atomic E-state index is 0. The lowest BCUT2D eigenvalue weighted by Crippen LogP contribution is -2.32. The molecule has 1 saturated heterocycles. The average Bonchev–Trinajstić information content (AvgIpc) is 2.96. The molecule has 5 aliphatic rings. The summed E-state index contributed by atoms with van der Waals surface area (Å²) in [5, 5.41) is 0. The van der Waals surface area contributed by atoms with Crippen LogP contribution in [0.15, 0.2) is 0 Å². The highest BCUT2D eigenvalue weighted by molar-refractivity contribution is 4.82. The van der Waals surface area contributed by atoms with Gasteiger partial charge >= 0.3 is 0 Å². The van der Waals surface area contributed by atoms with Crippen molar-refractivity contribution in [1.82, 2.24) is 0 Å². The van der Waals surface area contributed by atoms with E-state index in [0.717, 1.165) is 49.7 Å².